The molecule has 0 saturated heterocycles. The molecule has 3 heterocycles. The fourth-order valence-electron chi connectivity index (χ4n) is 6.34. The summed E-state index contributed by atoms with van der Waals surface area (Å²) in [5, 5.41) is 0. The van der Waals surface area contributed by atoms with Gasteiger partial charge in [-0.05, 0) is 125 Å². The highest BCUT2D eigenvalue weighted by Gasteiger charge is 2.29. The van der Waals surface area contributed by atoms with E-state index in [4.69, 9.17) is 9.97 Å². The lowest BCUT2D eigenvalue weighted by Crippen LogP contribution is -2.31. The Morgan fingerprint density at radius 1 is 0.878 bits per heavy atom. The SMILES string of the molecule is CC=NCC1=C(C)CC2=C(CCCC2)N1c1cccc(-c2cc(C3=CCCCC=C3)nc(-c3ccccc3C)c2)n1. The van der Waals surface area contributed by atoms with E-state index in [0.29, 0.717) is 6.54 Å². The number of hydrogen-bond acceptors (Lipinski definition) is 4. The Morgan fingerprint density at radius 3 is 2.61 bits per heavy atom. The number of pyridine rings is 2. The summed E-state index contributed by atoms with van der Waals surface area (Å²) < 4.78 is 0. The summed E-state index contributed by atoms with van der Waals surface area (Å²) in [5.74, 6) is 0.988. The number of rotatable bonds is 6. The number of benzene rings is 1. The molecule has 0 atom stereocenters. The van der Waals surface area contributed by atoms with Crippen molar-refractivity contribution >= 4 is 17.6 Å². The van der Waals surface area contributed by atoms with Crippen LogP contribution in [0.4, 0.5) is 5.82 Å². The van der Waals surface area contributed by atoms with E-state index in [2.05, 4.69) is 96.6 Å². The quantitative estimate of drug-likeness (QED) is 0.292. The maximum Gasteiger partial charge on any atom is 0.137 e. The number of aryl methyl sites for hydroxylation is 1. The van der Waals surface area contributed by atoms with Crippen LogP contribution in [0.2, 0.25) is 0 Å². The molecule has 0 fully saturated rings. The first-order valence-corrected chi connectivity index (χ1v) is 15.2. The van der Waals surface area contributed by atoms with Crippen molar-refractivity contribution in [3.8, 4) is 22.5 Å². The molecule has 0 saturated carbocycles. The lowest BCUT2D eigenvalue weighted by molar-refractivity contribution is 0.627. The first-order chi connectivity index (χ1) is 20.1. The van der Waals surface area contributed by atoms with E-state index in [1.165, 1.54) is 53.8 Å². The normalized spacial score (nSPS) is 17.6. The highest BCUT2D eigenvalue weighted by molar-refractivity contribution is 5.79. The first kappa shape index (κ1) is 27.1. The number of aromatic nitrogens is 2. The minimum atomic E-state index is 0.683. The van der Waals surface area contributed by atoms with Gasteiger partial charge in [-0.1, -0.05) is 48.6 Å². The van der Waals surface area contributed by atoms with Crippen molar-refractivity contribution < 1.29 is 0 Å². The van der Waals surface area contributed by atoms with Crippen molar-refractivity contribution in [3.63, 3.8) is 0 Å². The lowest BCUT2D eigenvalue weighted by atomic mass is 9.87. The third kappa shape index (κ3) is 5.74. The summed E-state index contributed by atoms with van der Waals surface area (Å²) in [6, 6.07) is 19.4. The number of allylic oxidation sites excluding steroid dienone is 7. The van der Waals surface area contributed by atoms with Crippen LogP contribution in [0, 0.1) is 6.92 Å². The van der Waals surface area contributed by atoms with Crippen LogP contribution in [0.1, 0.15) is 76.5 Å². The minimum Gasteiger partial charge on any atom is -0.301 e. The van der Waals surface area contributed by atoms with Crippen molar-refractivity contribution in [2.45, 2.75) is 72.1 Å². The Kier molecular flexibility index (Phi) is 8.09. The third-order valence-corrected chi connectivity index (χ3v) is 8.52. The molecule has 0 N–H and O–H groups in total. The molecule has 3 aromatic rings. The van der Waals surface area contributed by atoms with Crippen molar-refractivity contribution in [2.24, 2.45) is 4.99 Å². The van der Waals surface area contributed by atoms with Crippen LogP contribution in [0.3, 0.4) is 0 Å². The standard InChI is InChI=1S/C37H40N4/c1-4-38-25-36-27(3)22-29-17-10-12-20-35(29)41(36)37-21-13-19-32(40-37)30-23-33(28-15-7-5-6-8-16-28)39-34(24-30)31-18-11-9-14-26(31)2/h4,7,9,11,13-16,18-19,21,23-24H,5-6,8,10,12,17,20,22,25H2,1-3H3. The summed E-state index contributed by atoms with van der Waals surface area (Å²) in [4.78, 5) is 17.6. The van der Waals surface area contributed by atoms with Gasteiger partial charge in [0, 0.05) is 22.5 Å². The second kappa shape index (κ2) is 12.2. The summed E-state index contributed by atoms with van der Waals surface area (Å²) in [6.45, 7) is 7.11. The van der Waals surface area contributed by atoms with Crippen LogP contribution in [0.25, 0.3) is 28.1 Å². The number of aliphatic imine (C=N–C) groups is 1. The Bertz CT molecular complexity index is 1600. The van der Waals surface area contributed by atoms with Crippen molar-refractivity contribution in [3.05, 3.63) is 107 Å². The number of nitrogens with zero attached hydrogens (tertiary/aromatic N) is 4. The maximum absolute atomic E-state index is 5.35. The van der Waals surface area contributed by atoms with E-state index in [9.17, 15) is 0 Å². The van der Waals surface area contributed by atoms with Gasteiger partial charge in [0.25, 0.3) is 0 Å². The number of hydrogen-bond donors (Lipinski definition) is 0. The van der Waals surface area contributed by atoms with Crippen LogP contribution in [0.15, 0.2) is 100 Å². The third-order valence-electron chi connectivity index (χ3n) is 8.52. The molecule has 6 rings (SSSR count). The fraction of sp³-hybridized carbons (Fsp3) is 0.324. The Morgan fingerprint density at radius 2 is 1.73 bits per heavy atom. The number of anilines is 1. The van der Waals surface area contributed by atoms with Gasteiger partial charge < -0.3 is 4.90 Å². The maximum atomic E-state index is 5.35. The highest BCUT2D eigenvalue weighted by Crippen LogP contribution is 2.41. The van der Waals surface area contributed by atoms with Gasteiger partial charge in [0.15, 0.2) is 0 Å². The van der Waals surface area contributed by atoms with E-state index in [-0.39, 0.29) is 0 Å². The van der Waals surface area contributed by atoms with E-state index in [0.717, 1.165) is 59.7 Å². The zero-order valence-electron chi connectivity index (χ0n) is 24.7. The predicted octanol–water partition coefficient (Wildman–Crippen LogP) is 9.65. The predicted molar refractivity (Wildman–Crippen MR) is 173 cm³/mol. The molecule has 1 aromatic carbocycles. The molecule has 2 aliphatic carbocycles. The Hall–Kier alpha value is -4.05. The second-order valence-electron chi connectivity index (χ2n) is 11.4. The van der Waals surface area contributed by atoms with Crippen LogP contribution in [-0.2, 0) is 0 Å². The molecule has 1 aliphatic heterocycles. The smallest absolute Gasteiger partial charge is 0.137 e. The molecule has 0 amide bonds. The zero-order chi connectivity index (χ0) is 28.2. The lowest BCUT2D eigenvalue weighted by Gasteiger charge is -2.38. The topological polar surface area (TPSA) is 41.4 Å². The van der Waals surface area contributed by atoms with Crippen molar-refractivity contribution in [2.75, 3.05) is 11.4 Å². The van der Waals surface area contributed by atoms with E-state index < -0.39 is 0 Å². The first-order valence-electron chi connectivity index (χ1n) is 15.2. The molecule has 208 valence electrons. The molecular weight excluding hydrogens is 500 g/mol. The molecule has 0 unspecified atom stereocenters. The van der Waals surface area contributed by atoms with Gasteiger partial charge in [0.05, 0.1) is 23.6 Å². The minimum absolute atomic E-state index is 0.683. The van der Waals surface area contributed by atoms with Gasteiger partial charge in [-0.2, -0.15) is 0 Å². The van der Waals surface area contributed by atoms with Gasteiger partial charge in [-0.15, -0.1) is 0 Å². The van der Waals surface area contributed by atoms with Crippen LogP contribution in [0.5, 0.6) is 0 Å². The Labute approximate surface area is 245 Å². The van der Waals surface area contributed by atoms with E-state index in [1.807, 2.05) is 13.1 Å². The van der Waals surface area contributed by atoms with Gasteiger partial charge in [0.2, 0.25) is 0 Å². The van der Waals surface area contributed by atoms with Crippen LogP contribution in [-0.4, -0.2) is 22.7 Å². The molecule has 0 radical (unpaired) electrons. The molecule has 0 bridgehead atoms. The average molecular weight is 541 g/mol. The van der Waals surface area contributed by atoms with Gasteiger partial charge >= 0.3 is 0 Å². The Balaban J connectivity index is 1.49. The van der Waals surface area contributed by atoms with E-state index in [1.54, 1.807) is 5.57 Å². The molecule has 4 nitrogen and oxygen atoms in total. The molecule has 3 aliphatic rings. The van der Waals surface area contributed by atoms with Crippen molar-refractivity contribution in [1.82, 2.24) is 9.97 Å². The van der Waals surface area contributed by atoms with Crippen LogP contribution < -0.4 is 4.90 Å². The van der Waals surface area contributed by atoms with Gasteiger partial charge in [-0.3, -0.25) is 4.99 Å². The summed E-state index contributed by atoms with van der Waals surface area (Å²) >= 11 is 0. The van der Waals surface area contributed by atoms with Gasteiger partial charge in [0.1, 0.15) is 5.82 Å². The average Bonchev–Trinajstić information content (AvgIpc) is 3.30. The monoisotopic (exact) mass is 540 g/mol. The van der Waals surface area contributed by atoms with Crippen molar-refractivity contribution in [1.29, 1.82) is 0 Å². The summed E-state index contributed by atoms with van der Waals surface area (Å²) in [6.07, 6.45) is 18.0. The fourth-order valence-corrected chi connectivity index (χ4v) is 6.34. The van der Waals surface area contributed by atoms with Crippen LogP contribution >= 0.6 is 0 Å². The van der Waals surface area contributed by atoms with Gasteiger partial charge in [-0.25, -0.2) is 9.97 Å². The molecule has 0 spiro atoms. The molecule has 41 heavy (non-hydrogen) atoms. The molecular formula is C37H40N4. The summed E-state index contributed by atoms with van der Waals surface area (Å²) in [7, 11) is 0. The second-order valence-corrected chi connectivity index (χ2v) is 11.4. The molecule has 2 aromatic heterocycles. The molecule has 4 heteroatoms. The largest absolute Gasteiger partial charge is 0.301 e. The summed E-state index contributed by atoms with van der Waals surface area (Å²) in [5.41, 5.74) is 13.3. The zero-order valence-corrected chi connectivity index (χ0v) is 24.7. The highest BCUT2D eigenvalue weighted by atomic mass is 15.2. The van der Waals surface area contributed by atoms with E-state index >= 15 is 0 Å².